The fourth-order valence-electron chi connectivity index (χ4n) is 14.5. The van der Waals surface area contributed by atoms with Crippen LogP contribution in [0.25, 0.3) is 36.9 Å². The first-order valence-electron chi connectivity index (χ1n) is 26.2. The number of hydrogen-bond acceptors (Lipinski definition) is 3. The Morgan fingerprint density at radius 2 is 1.25 bits per heavy atom. The molecule has 0 amide bonds. The Hall–Kier alpha value is -5.26. The molecule has 6 aromatic carbocycles. The molecule has 350 valence electrons. The topological polar surface area (TPSA) is 11.4 Å². The fraction of sp³-hybridized carbons (Fsp3) is 0.406. The molecule has 1 fully saturated rings. The molecule has 3 nitrogen and oxygen atoms in total. The quantitative estimate of drug-likeness (QED) is 0.160. The van der Waals surface area contributed by atoms with Crippen LogP contribution < -0.4 is 26.2 Å². The summed E-state index contributed by atoms with van der Waals surface area (Å²) in [6.07, 6.45) is 7.30. The van der Waals surface area contributed by atoms with Crippen LogP contribution in [-0.2, 0) is 27.1 Å². The molecule has 8 aromatic rings. The first-order chi connectivity index (χ1) is 32.5. The monoisotopic (exact) mass is 924 g/mol. The van der Waals surface area contributed by atoms with E-state index in [1.54, 1.807) is 0 Å². The second-order valence-electron chi connectivity index (χ2n) is 26.1. The average Bonchev–Trinajstić information content (AvgIpc) is 3.89. The van der Waals surface area contributed by atoms with Gasteiger partial charge in [0.15, 0.2) is 0 Å². The molecule has 2 atom stereocenters. The lowest BCUT2D eigenvalue weighted by Crippen LogP contribution is -2.61. The van der Waals surface area contributed by atoms with Crippen LogP contribution in [0.5, 0.6) is 0 Å². The van der Waals surface area contributed by atoms with Crippen LogP contribution in [0.3, 0.4) is 0 Å². The van der Waals surface area contributed by atoms with Crippen LogP contribution in [0.2, 0.25) is 0 Å². The molecule has 5 heterocycles. The van der Waals surface area contributed by atoms with Crippen LogP contribution >= 0.6 is 11.3 Å². The summed E-state index contributed by atoms with van der Waals surface area (Å²) >= 11 is 1.97. The third-order valence-corrected chi connectivity index (χ3v) is 20.0. The molecule has 0 spiro atoms. The Bertz CT molecular complexity index is 3570. The molecule has 2 unspecified atom stereocenters. The van der Waals surface area contributed by atoms with Crippen molar-refractivity contribution >= 4 is 94.1 Å². The number of nitrogens with zero attached hydrogens (tertiary/aromatic N) is 3. The van der Waals surface area contributed by atoms with Crippen molar-refractivity contribution < 1.29 is 0 Å². The third-order valence-electron chi connectivity index (χ3n) is 18.8. The van der Waals surface area contributed by atoms with E-state index in [1.165, 1.54) is 159 Å². The van der Waals surface area contributed by atoms with Crippen molar-refractivity contribution in [2.45, 2.75) is 168 Å². The van der Waals surface area contributed by atoms with Gasteiger partial charge in [-0.3, -0.25) is 0 Å². The molecule has 0 radical (unpaired) electrons. The highest BCUT2D eigenvalue weighted by molar-refractivity contribution is 7.26. The van der Waals surface area contributed by atoms with Gasteiger partial charge in [-0.1, -0.05) is 138 Å². The normalized spacial score (nSPS) is 22.0. The summed E-state index contributed by atoms with van der Waals surface area (Å²) in [6, 6.07) is 39.8. The van der Waals surface area contributed by atoms with E-state index in [9.17, 15) is 0 Å². The number of aryl methyl sites for hydroxylation is 2. The van der Waals surface area contributed by atoms with E-state index >= 15 is 0 Å². The van der Waals surface area contributed by atoms with Crippen molar-refractivity contribution in [3.05, 3.63) is 136 Å². The summed E-state index contributed by atoms with van der Waals surface area (Å²) in [5, 5.41) is 2.74. The van der Waals surface area contributed by atoms with Gasteiger partial charge in [0.25, 0.3) is 6.71 Å². The van der Waals surface area contributed by atoms with Crippen LogP contribution in [-0.4, -0.2) is 16.8 Å². The summed E-state index contributed by atoms with van der Waals surface area (Å²) in [7, 11) is 0. The number of thiophene rings is 1. The minimum Gasteiger partial charge on any atom is -0.334 e. The third kappa shape index (κ3) is 5.75. The van der Waals surface area contributed by atoms with Gasteiger partial charge in [-0.05, 0) is 172 Å². The summed E-state index contributed by atoms with van der Waals surface area (Å²) < 4.78 is 5.46. The lowest BCUT2D eigenvalue weighted by molar-refractivity contribution is 0.195. The van der Waals surface area contributed by atoms with Gasteiger partial charge in [-0.25, -0.2) is 0 Å². The van der Waals surface area contributed by atoms with Crippen LogP contribution in [0.4, 0.5) is 28.4 Å². The van der Waals surface area contributed by atoms with Crippen molar-refractivity contribution in [3.63, 3.8) is 0 Å². The van der Waals surface area contributed by atoms with E-state index < -0.39 is 0 Å². The maximum atomic E-state index is 2.82. The molecule has 1 saturated carbocycles. The Balaban J connectivity index is 1.15. The molecule has 2 aliphatic carbocycles. The van der Waals surface area contributed by atoms with Crippen molar-refractivity contribution in [3.8, 4) is 5.69 Å². The predicted octanol–water partition coefficient (Wildman–Crippen LogP) is 15.9. The first-order valence-corrected chi connectivity index (χ1v) is 27.0. The minimum absolute atomic E-state index is 0.0293. The smallest absolute Gasteiger partial charge is 0.252 e. The largest absolute Gasteiger partial charge is 0.334 e. The number of rotatable bonds is 2. The van der Waals surface area contributed by atoms with Gasteiger partial charge in [0, 0.05) is 55.0 Å². The molecule has 0 saturated heterocycles. The summed E-state index contributed by atoms with van der Waals surface area (Å²) in [5.41, 5.74) is 25.3. The summed E-state index contributed by atoms with van der Waals surface area (Å²) in [4.78, 5) is 5.57. The average molecular weight is 924 g/mol. The highest BCUT2D eigenvalue weighted by Crippen LogP contribution is 2.62. The van der Waals surface area contributed by atoms with Crippen LogP contribution in [0.15, 0.2) is 97.1 Å². The van der Waals surface area contributed by atoms with Gasteiger partial charge >= 0.3 is 0 Å². The number of benzene rings is 6. The van der Waals surface area contributed by atoms with Crippen LogP contribution in [0.1, 0.15) is 161 Å². The Kier molecular flexibility index (Phi) is 8.74. The predicted molar refractivity (Wildman–Crippen MR) is 300 cm³/mol. The van der Waals surface area contributed by atoms with Gasteiger partial charge < -0.3 is 14.4 Å². The molecular formula is C64H70BN3S. The van der Waals surface area contributed by atoms with Crippen molar-refractivity contribution in [2.75, 3.05) is 9.80 Å². The zero-order chi connectivity index (χ0) is 48.3. The molecule has 2 aromatic heterocycles. The van der Waals surface area contributed by atoms with Crippen molar-refractivity contribution in [1.82, 2.24) is 4.57 Å². The van der Waals surface area contributed by atoms with E-state index in [2.05, 4.69) is 208 Å². The van der Waals surface area contributed by atoms with Crippen molar-refractivity contribution in [1.29, 1.82) is 0 Å². The summed E-state index contributed by atoms with van der Waals surface area (Å²) in [6.45, 7) is 34.2. The Morgan fingerprint density at radius 1 is 0.551 bits per heavy atom. The SMILES string of the molecule is Cc1cc2c3c(c1)-n1c4c(cc(C(C)(C)C)cc4c4sc5ccccc5c41)B3c1ccc(N3c4ccc(C(C)(C)C)cc4C4(C)CCCCC34C)cc1N2c1cc2c(cc1C)C(C)(C)CCC2(C)C. The van der Waals surface area contributed by atoms with Gasteiger partial charge in [-0.2, -0.15) is 0 Å². The maximum Gasteiger partial charge on any atom is 0.252 e. The minimum atomic E-state index is -0.0653. The van der Waals surface area contributed by atoms with Gasteiger partial charge in [-0.15, -0.1) is 11.3 Å². The lowest BCUT2D eigenvalue weighted by Gasteiger charge is -2.50. The number of fused-ring (bicyclic) bond motifs is 13. The summed E-state index contributed by atoms with van der Waals surface area (Å²) in [5.74, 6) is 0. The molecule has 5 aliphatic rings. The molecule has 0 bridgehead atoms. The molecule has 3 aliphatic heterocycles. The standard InChI is InChI=1S/C64H70BN3S/c1-37-29-52-55-53(30-37)67-56-43(58-57(67)42-19-15-16-20-54(42)69-58)32-40(60(6,7)8)34-48(56)65(55)47-23-22-41(35-51(47)66(52)50-36-45-44(31-38(50)2)61(9,10)27-28-62(45,11)12)68-49-24-21-39(59(3,4)5)33-46(49)63(13)25-17-18-26-64(63,68)14/h15-16,19-24,29-36H,17-18,25-28H2,1-14H3. The first kappa shape index (κ1) is 43.7. The zero-order valence-corrected chi connectivity index (χ0v) is 44.6. The highest BCUT2D eigenvalue weighted by atomic mass is 32.1. The van der Waals surface area contributed by atoms with E-state index in [4.69, 9.17) is 0 Å². The van der Waals surface area contributed by atoms with E-state index in [0.29, 0.717) is 0 Å². The molecule has 69 heavy (non-hydrogen) atoms. The fourth-order valence-corrected chi connectivity index (χ4v) is 15.7. The van der Waals surface area contributed by atoms with E-state index in [0.717, 1.165) is 0 Å². The maximum absolute atomic E-state index is 2.82. The Morgan fingerprint density at radius 3 is 1.99 bits per heavy atom. The molecule has 13 rings (SSSR count). The Labute approximate surface area is 416 Å². The van der Waals surface area contributed by atoms with Crippen molar-refractivity contribution in [2.24, 2.45) is 0 Å². The van der Waals surface area contributed by atoms with Gasteiger partial charge in [0.2, 0.25) is 0 Å². The zero-order valence-electron chi connectivity index (χ0n) is 43.8. The highest BCUT2D eigenvalue weighted by Gasteiger charge is 2.58. The van der Waals surface area contributed by atoms with E-state index in [-0.39, 0.29) is 39.3 Å². The number of hydrogen-bond donors (Lipinski definition) is 0. The molecule has 5 heteroatoms. The molecule has 0 N–H and O–H groups in total. The number of aromatic nitrogens is 1. The second-order valence-corrected chi connectivity index (χ2v) is 27.2. The van der Waals surface area contributed by atoms with E-state index in [1.807, 2.05) is 11.3 Å². The van der Waals surface area contributed by atoms with Gasteiger partial charge in [0.1, 0.15) is 0 Å². The number of anilines is 5. The lowest BCUT2D eigenvalue weighted by atomic mass is 9.33. The van der Waals surface area contributed by atoms with Gasteiger partial charge in [0.05, 0.1) is 21.3 Å². The second kappa shape index (κ2) is 13.8. The van der Waals surface area contributed by atoms with Crippen LogP contribution in [0, 0.1) is 13.8 Å². The molecular weight excluding hydrogens is 854 g/mol.